The van der Waals surface area contributed by atoms with E-state index in [4.69, 9.17) is 11.6 Å². The van der Waals surface area contributed by atoms with Crippen LogP contribution in [-0.4, -0.2) is 10.3 Å². The van der Waals surface area contributed by atoms with Gasteiger partial charge in [0.25, 0.3) is 5.69 Å². The van der Waals surface area contributed by atoms with E-state index >= 15 is 0 Å². The maximum absolute atomic E-state index is 10.7. The third-order valence-corrected chi connectivity index (χ3v) is 5.33. The van der Waals surface area contributed by atoms with E-state index in [1.165, 1.54) is 6.42 Å². The van der Waals surface area contributed by atoms with Gasteiger partial charge in [-0.05, 0) is 48.5 Å². The van der Waals surface area contributed by atoms with E-state index in [0.717, 1.165) is 24.8 Å². The molecule has 0 aromatic heterocycles. The fourth-order valence-electron chi connectivity index (χ4n) is 3.28. The summed E-state index contributed by atoms with van der Waals surface area (Å²) in [5.74, 6) is 1.17. The van der Waals surface area contributed by atoms with E-state index < -0.39 is 0 Å². The average molecular weight is 310 g/mol. The maximum Gasteiger partial charge on any atom is 0.269 e. The number of nitrogens with zero attached hydrogens (tertiary/aromatic N) is 1. The first-order valence-electron chi connectivity index (χ1n) is 7.65. The van der Waals surface area contributed by atoms with Crippen LogP contribution in [0.3, 0.4) is 0 Å². The molecule has 3 atom stereocenters. The predicted octanol–water partition coefficient (Wildman–Crippen LogP) is 5.21. The number of nitro benzene ring substituents is 1. The molecule has 1 aromatic carbocycles. The Morgan fingerprint density at radius 1 is 1.24 bits per heavy atom. The quantitative estimate of drug-likeness (QED) is 0.437. The Hall–Kier alpha value is -1.09. The van der Waals surface area contributed by atoms with Gasteiger partial charge in [-0.25, -0.2) is 0 Å². The fourth-order valence-corrected chi connectivity index (χ4v) is 3.60. The molecule has 1 aliphatic rings. The number of non-ortho nitro benzene ring substituents is 1. The lowest BCUT2D eigenvalue weighted by Gasteiger charge is -2.40. The Labute approximate surface area is 131 Å². The van der Waals surface area contributed by atoms with Crippen LogP contribution >= 0.6 is 11.6 Å². The van der Waals surface area contributed by atoms with Gasteiger partial charge in [0, 0.05) is 17.5 Å². The van der Waals surface area contributed by atoms with Gasteiger partial charge < -0.3 is 0 Å². The summed E-state index contributed by atoms with van der Waals surface area (Å²) in [6.45, 7) is 6.90. The molecule has 0 spiro atoms. The Bertz CT molecular complexity index is 493. The van der Waals surface area contributed by atoms with Gasteiger partial charge in [0.2, 0.25) is 0 Å². The topological polar surface area (TPSA) is 43.1 Å². The van der Waals surface area contributed by atoms with Crippen molar-refractivity contribution in [3.05, 3.63) is 39.9 Å². The highest BCUT2D eigenvalue weighted by molar-refractivity contribution is 6.20. The summed E-state index contributed by atoms with van der Waals surface area (Å²) < 4.78 is 0. The van der Waals surface area contributed by atoms with Crippen molar-refractivity contribution in [2.24, 2.45) is 17.3 Å². The summed E-state index contributed by atoms with van der Waals surface area (Å²) in [4.78, 5) is 10.3. The van der Waals surface area contributed by atoms with Crippen LogP contribution in [0.2, 0.25) is 0 Å². The summed E-state index contributed by atoms with van der Waals surface area (Å²) in [5, 5.41) is 10.9. The lowest BCUT2D eigenvalue weighted by Crippen LogP contribution is -2.33. The van der Waals surface area contributed by atoms with Crippen molar-refractivity contribution in [2.75, 3.05) is 0 Å². The summed E-state index contributed by atoms with van der Waals surface area (Å²) in [5.41, 5.74) is 1.62. The third kappa shape index (κ3) is 4.19. The van der Waals surface area contributed by atoms with E-state index in [1.54, 1.807) is 12.1 Å². The molecule has 1 saturated carbocycles. The minimum absolute atomic E-state index is 0.150. The van der Waals surface area contributed by atoms with Gasteiger partial charge in [-0.2, -0.15) is 0 Å². The van der Waals surface area contributed by atoms with Crippen LogP contribution in [0.4, 0.5) is 5.69 Å². The molecule has 0 aliphatic heterocycles. The first kappa shape index (κ1) is 16.3. The normalized spacial score (nSPS) is 26.6. The summed E-state index contributed by atoms with van der Waals surface area (Å²) in [6.07, 6.45) is 4.34. The number of hydrogen-bond donors (Lipinski definition) is 0. The first-order valence-corrected chi connectivity index (χ1v) is 8.08. The molecule has 0 heterocycles. The molecule has 2 rings (SSSR count). The largest absolute Gasteiger partial charge is 0.269 e. The van der Waals surface area contributed by atoms with Crippen molar-refractivity contribution < 1.29 is 4.92 Å². The van der Waals surface area contributed by atoms with Crippen molar-refractivity contribution in [1.82, 2.24) is 0 Å². The standard InChI is InChI=1S/C17H24ClNO2/c1-17(2,3)14-6-9-16(18)13(11-14)10-12-4-7-15(8-5-12)19(20)21/h4-5,7-8,13-14,16H,6,9-11H2,1-3H3. The number of nitro groups is 1. The number of benzene rings is 1. The van der Waals surface area contributed by atoms with Crippen molar-refractivity contribution in [2.45, 2.75) is 51.8 Å². The van der Waals surface area contributed by atoms with E-state index in [2.05, 4.69) is 20.8 Å². The van der Waals surface area contributed by atoms with Crippen molar-refractivity contribution >= 4 is 17.3 Å². The highest BCUT2D eigenvalue weighted by Gasteiger charge is 2.35. The molecule has 0 bridgehead atoms. The van der Waals surface area contributed by atoms with Crippen LogP contribution in [0.1, 0.15) is 45.6 Å². The molecule has 4 heteroatoms. The molecule has 21 heavy (non-hydrogen) atoms. The second-order valence-electron chi connectivity index (χ2n) is 7.28. The number of rotatable bonds is 3. The van der Waals surface area contributed by atoms with Crippen LogP contribution in [-0.2, 0) is 6.42 Å². The lowest BCUT2D eigenvalue weighted by atomic mass is 9.68. The molecule has 3 nitrogen and oxygen atoms in total. The monoisotopic (exact) mass is 309 g/mol. The van der Waals surface area contributed by atoms with Crippen LogP contribution in [0.25, 0.3) is 0 Å². The van der Waals surface area contributed by atoms with Gasteiger partial charge in [-0.15, -0.1) is 11.6 Å². The second kappa shape index (κ2) is 6.35. The fraction of sp³-hybridized carbons (Fsp3) is 0.647. The van der Waals surface area contributed by atoms with E-state index in [0.29, 0.717) is 17.3 Å². The molecule has 0 N–H and O–H groups in total. The zero-order chi connectivity index (χ0) is 15.6. The Balaban J connectivity index is 2.04. The summed E-state index contributed by atoms with van der Waals surface area (Å²) >= 11 is 6.52. The van der Waals surface area contributed by atoms with Crippen molar-refractivity contribution in [3.8, 4) is 0 Å². The van der Waals surface area contributed by atoms with Crippen LogP contribution in [0.5, 0.6) is 0 Å². The zero-order valence-electron chi connectivity index (χ0n) is 13.0. The average Bonchev–Trinajstić information content (AvgIpc) is 2.40. The van der Waals surface area contributed by atoms with Gasteiger partial charge in [0.05, 0.1) is 4.92 Å². The molecule has 1 fully saturated rings. The highest BCUT2D eigenvalue weighted by atomic mass is 35.5. The third-order valence-electron chi connectivity index (χ3n) is 4.76. The van der Waals surface area contributed by atoms with Gasteiger partial charge in [0.15, 0.2) is 0 Å². The van der Waals surface area contributed by atoms with Crippen molar-refractivity contribution in [1.29, 1.82) is 0 Å². The Morgan fingerprint density at radius 3 is 2.38 bits per heavy atom. The number of hydrogen-bond acceptors (Lipinski definition) is 2. The van der Waals surface area contributed by atoms with E-state index in [1.807, 2.05) is 12.1 Å². The first-order chi connectivity index (χ1) is 9.77. The van der Waals surface area contributed by atoms with Gasteiger partial charge >= 0.3 is 0 Å². The van der Waals surface area contributed by atoms with Crippen LogP contribution in [0, 0.1) is 27.4 Å². The minimum Gasteiger partial charge on any atom is -0.258 e. The van der Waals surface area contributed by atoms with Gasteiger partial charge in [0.1, 0.15) is 0 Å². The molecule has 0 radical (unpaired) electrons. The summed E-state index contributed by atoms with van der Waals surface area (Å²) in [7, 11) is 0. The van der Waals surface area contributed by atoms with E-state index in [-0.39, 0.29) is 16.0 Å². The molecular formula is C17H24ClNO2. The molecule has 0 saturated heterocycles. The Morgan fingerprint density at radius 2 is 1.86 bits per heavy atom. The molecule has 1 aromatic rings. The van der Waals surface area contributed by atoms with Crippen LogP contribution < -0.4 is 0 Å². The lowest BCUT2D eigenvalue weighted by molar-refractivity contribution is -0.384. The van der Waals surface area contributed by atoms with E-state index in [9.17, 15) is 10.1 Å². The molecule has 116 valence electrons. The predicted molar refractivity (Wildman–Crippen MR) is 86.7 cm³/mol. The highest BCUT2D eigenvalue weighted by Crippen LogP contribution is 2.43. The Kier molecular flexibility index (Phi) is 4.92. The minimum atomic E-state index is -0.357. The smallest absolute Gasteiger partial charge is 0.258 e. The van der Waals surface area contributed by atoms with Crippen LogP contribution in [0.15, 0.2) is 24.3 Å². The molecular weight excluding hydrogens is 286 g/mol. The molecule has 1 aliphatic carbocycles. The second-order valence-corrected chi connectivity index (χ2v) is 7.84. The zero-order valence-corrected chi connectivity index (χ0v) is 13.8. The number of alkyl halides is 1. The number of halogens is 1. The van der Waals surface area contributed by atoms with Crippen molar-refractivity contribution in [3.63, 3.8) is 0 Å². The summed E-state index contributed by atoms with van der Waals surface area (Å²) in [6, 6.07) is 6.90. The SMILES string of the molecule is CC(C)(C)C1CCC(Cl)C(Cc2ccc([N+](=O)[O-])cc2)C1. The van der Waals surface area contributed by atoms with Gasteiger partial charge in [-0.1, -0.05) is 32.9 Å². The maximum atomic E-state index is 10.7. The van der Waals surface area contributed by atoms with Gasteiger partial charge in [-0.3, -0.25) is 10.1 Å². The molecule has 3 unspecified atom stereocenters. The molecule has 0 amide bonds.